The van der Waals surface area contributed by atoms with Crippen molar-refractivity contribution in [1.29, 1.82) is 0 Å². The lowest BCUT2D eigenvalue weighted by Gasteiger charge is -2.28. The molecule has 1 fully saturated rings. The van der Waals surface area contributed by atoms with Crippen molar-refractivity contribution in [2.24, 2.45) is 5.73 Å². The van der Waals surface area contributed by atoms with Crippen molar-refractivity contribution >= 4 is 10.0 Å². The van der Waals surface area contributed by atoms with Gasteiger partial charge < -0.3 is 10.5 Å². The predicted molar refractivity (Wildman–Crippen MR) is 79.5 cm³/mol. The molecule has 1 aliphatic rings. The van der Waals surface area contributed by atoms with Crippen LogP contribution in [-0.4, -0.2) is 43.0 Å². The Balaban J connectivity index is 2.36. The first-order valence-corrected chi connectivity index (χ1v) is 8.59. The van der Waals surface area contributed by atoms with Gasteiger partial charge in [-0.15, -0.1) is 0 Å². The Morgan fingerprint density at radius 3 is 2.71 bits per heavy atom. The molecule has 0 aliphatic carbocycles. The van der Waals surface area contributed by atoms with E-state index in [1.807, 2.05) is 13.8 Å². The number of aryl methyl sites for hydroxylation is 1. The lowest BCUT2D eigenvalue weighted by Crippen LogP contribution is -2.50. The second-order valence-corrected chi connectivity index (χ2v) is 7.42. The van der Waals surface area contributed by atoms with E-state index in [1.54, 1.807) is 18.5 Å². The summed E-state index contributed by atoms with van der Waals surface area (Å²) < 4.78 is 35.4. The Kier molecular flexibility index (Phi) is 4.44. The van der Waals surface area contributed by atoms with Crippen LogP contribution < -0.4 is 10.5 Å². The first kappa shape index (κ1) is 16.4. The van der Waals surface area contributed by atoms with Gasteiger partial charge in [0.15, 0.2) is 0 Å². The van der Waals surface area contributed by atoms with Crippen LogP contribution in [0.4, 0.5) is 0 Å². The van der Waals surface area contributed by atoms with E-state index in [2.05, 4.69) is 9.82 Å². The summed E-state index contributed by atoms with van der Waals surface area (Å²) in [7, 11) is -3.65. The lowest BCUT2D eigenvalue weighted by atomic mass is 9.97. The number of aromatic nitrogens is 2. The van der Waals surface area contributed by atoms with Crippen LogP contribution in [0.1, 0.15) is 31.7 Å². The van der Waals surface area contributed by atoms with Crippen LogP contribution in [0, 0.1) is 13.8 Å². The van der Waals surface area contributed by atoms with Gasteiger partial charge in [0.25, 0.3) is 0 Å². The summed E-state index contributed by atoms with van der Waals surface area (Å²) in [5, 5.41) is 4.27. The third-order valence-electron chi connectivity index (χ3n) is 4.18. The van der Waals surface area contributed by atoms with E-state index in [9.17, 15) is 8.42 Å². The SMILES string of the molecule is Cc1nn(CCN)c(C)c1S(=O)(=O)NC1(C)CCOC1C. The Labute approximate surface area is 125 Å². The minimum absolute atomic E-state index is 0.160. The number of hydrogen-bond acceptors (Lipinski definition) is 5. The summed E-state index contributed by atoms with van der Waals surface area (Å²) in [5.41, 5.74) is 6.04. The average molecular weight is 316 g/mol. The summed E-state index contributed by atoms with van der Waals surface area (Å²) in [6.45, 7) is 8.68. The summed E-state index contributed by atoms with van der Waals surface area (Å²) in [6, 6.07) is 0. The highest BCUT2D eigenvalue weighted by Gasteiger charge is 2.41. The third-order valence-corrected chi connectivity index (χ3v) is 6.04. The van der Waals surface area contributed by atoms with E-state index in [0.717, 1.165) is 0 Å². The molecule has 7 nitrogen and oxygen atoms in total. The van der Waals surface area contributed by atoms with Crippen LogP contribution in [0.25, 0.3) is 0 Å². The first-order valence-electron chi connectivity index (χ1n) is 7.11. The topological polar surface area (TPSA) is 99.2 Å². The van der Waals surface area contributed by atoms with Gasteiger partial charge >= 0.3 is 0 Å². The lowest BCUT2D eigenvalue weighted by molar-refractivity contribution is 0.0957. The van der Waals surface area contributed by atoms with E-state index in [1.165, 1.54) is 0 Å². The van der Waals surface area contributed by atoms with Gasteiger partial charge in [-0.1, -0.05) is 0 Å². The molecule has 2 unspecified atom stereocenters. The Morgan fingerprint density at radius 1 is 1.52 bits per heavy atom. The smallest absolute Gasteiger partial charge is 0.244 e. The molecular weight excluding hydrogens is 292 g/mol. The molecule has 21 heavy (non-hydrogen) atoms. The molecular formula is C13H24N4O3S. The van der Waals surface area contributed by atoms with E-state index in [0.29, 0.717) is 37.5 Å². The van der Waals surface area contributed by atoms with Crippen molar-refractivity contribution in [3.63, 3.8) is 0 Å². The summed E-state index contributed by atoms with van der Waals surface area (Å²) >= 11 is 0. The van der Waals surface area contributed by atoms with Gasteiger partial charge in [-0.05, 0) is 34.1 Å². The van der Waals surface area contributed by atoms with Crippen molar-refractivity contribution in [2.45, 2.75) is 57.2 Å². The zero-order valence-corrected chi connectivity index (χ0v) is 13.8. The van der Waals surface area contributed by atoms with E-state index in [-0.39, 0.29) is 11.0 Å². The number of nitrogens with one attached hydrogen (secondary N) is 1. The molecule has 1 aromatic rings. The fraction of sp³-hybridized carbons (Fsp3) is 0.769. The van der Waals surface area contributed by atoms with Crippen molar-refractivity contribution in [3.05, 3.63) is 11.4 Å². The van der Waals surface area contributed by atoms with Gasteiger partial charge in [0.05, 0.1) is 29.6 Å². The van der Waals surface area contributed by atoms with Crippen LogP contribution in [0.5, 0.6) is 0 Å². The Bertz CT molecular complexity index is 626. The van der Waals surface area contributed by atoms with E-state index in [4.69, 9.17) is 10.5 Å². The fourth-order valence-electron chi connectivity index (χ4n) is 2.74. The molecule has 0 amide bonds. The highest BCUT2D eigenvalue weighted by atomic mass is 32.2. The molecule has 1 aliphatic heterocycles. The molecule has 2 rings (SSSR count). The largest absolute Gasteiger partial charge is 0.376 e. The zero-order valence-electron chi connectivity index (χ0n) is 13.0. The van der Waals surface area contributed by atoms with Crippen molar-refractivity contribution in [1.82, 2.24) is 14.5 Å². The average Bonchev–Trinajstić information content (AvgIpc) is 2.81. The molecule has 1 aromatic heterocycles. The molecule has 8 heteroatoms. The van der Waals surface area contributed by atoms with Crippen LogP contribution >= 0.6 is 0 Å². The van der Waals surface area contributed by atoms with Gasteiger partial charge in [-0.2, -0.15) is 5.10 Å². The number of nitrogens with two attached hydrogens (primary N) is 1. The number of sulfonamides is 1. The summed E-state index contributed by atoms with van der Waals surface area (Å²) in [6.07, 6.45) is 0.495. The third kappa shape index (κ3) is 2.98. The molecule has 2 heterocycles. The van der Waals surface area contributed by atoms with Crippen molar-refractivity contribution < 1.29 is 13.2 Å². The number of ether oxygens (including phenoxy) is 1. The molecule has 0 spiro atoms. The zero-order chi connectivity index (χ0) is 15.8. The molecule has 0 radical (unpaired) electrons. The molecule has 120 valence electrons. The highest BCUT2D eigenvalue weighted by molar-refractivity contribution is 7.89. The normalized spacial score (nSPS) is 26.4. The molecule has 0 bridgehead atoms. The second kappa shape index (κ2) is 5.68. The number of rotatable bonds is 5. The van der Waals surface area contributed by atoms with Gasteiger partial charge in [0, 0.05) is 13.2 Å². The van der Waals surface area contributed by atoms with Gasteiger partial charge in [-0.25, -0.2) is 13.1 Å². The monoisotopic (exact) mass is 316 g/mol. The van der Waals surface area contributed by atoms with Crippen molar-refractivity contribution in [2.75, 3.05) is 13.2 Å². The van der Waals surface area contributed by atoms with Gasteiger partial charge in [0.2, 0.25) is 10.0 Å². The van der Waals surface area contributed by atoms with E-state index >= 15 is 0 Å². The molecule has 2 atom stereocenters. The Hall–Kier alpha value is -0.960. The molecule has 3 N–H and O–H groups in total. The predicted octanol–water partition coefficient (Wildman–Crippen LogP) is 0.304. The van der Waals surface area contributed by atoms with Crippen molar-refractivity contribution in [3.8, 4) is 0 Å². The summed E-state index contributed by atoms with van der Waals surface area (Å²) in [4.78, 5) is 0.247. The maximum atomic E-state index is 12.7. The van der Waals surface area contributed by atoms with Crippen LogP contribution in [0.2, 0.25) is 0 Å². The standard InChI is InChI=1S/C13H24N4O3S/c1-9-12(10(2)17(15-9)7-6-14)21(18,19)16-13(4)5-8-20-11(13)3/h11,16H,5-8,14H2,1-4H3. The minimum Gasteiger partial charge on any atom is -0.376 e. The van der Waals surface area contributed by atoms with Crippen LogP contribution in [0.15, 0.2) is 4.90 Å². The maximum absolute atomic E-state index is 12.7. The van der Waals surface area contributed by atoms with Crippen LogP contribution in [-0.2, 0) is 21.3 Å². The minimum atomic E-state index is -3.65. The quantitative estimate of drug-likeness (QED) is 0.814. The van der Waals surface area contributed by atoms with Gasteiger partial charge in [-0.3, -0.25) is 4.68 Å². The number of nitrogens with zero attached hydrogens (tertiary/aromatic N) is 2. The summed E-state index contributed by atoms with van der Waals surface area (Å²) in [5.74, 6) is 0. The first-order chi connectivity index (χ1) is 9.71. The molecule has 0 aromatic carbocycles. The second-order valence-electron chi connectivity index (χ2n) is 5.80. The fourth-order valence-corrected chi connectivity index (χ4v) is 4.64. The Morgan fingerprint density at radius 2 is 2.19 bits per heavy atom. The molecule has 1 saturated heterocycles. The maximum Gasteiger partial charge on any atom is 0.244 e. The highest BCUT2D eigenvalue weighted by Crippen LogP contribution is 2.29. The number of hydrogen-bond donors (Lipinski definition) is 2. The van der Waals surface area contributed by atoms with Crippen LogP contribution in [0.3, 0.4) is 0 Å². The molecule has 0 saturated carbocycles. The van der Waals surface area contributed by atoms with E-state index < -0.39 is 15.6 Å². The van der Waals surface area contributed by atoms with Gasteiger partial charge in [0.1, 0.15) is 4.90 Å².